The number of halogens is 1. The fourth-order valence-corrected chi connectivity index (χ4v) is 3.64. The molecule has 1 amide bonds. The van der Waals surface area contributed by atoms with Crippen LogP contribution in [0.2, 0.25) is 0 Å². The fraction of sp³-hybridized carbons (Fsp3) is 0.0952. The predicted molar refractivity (Wildman–Crippen MR) is 113 cm³/mol. The van der Waals surface area contributed by atoms with Gasteiger partial charge in [-0.05, 0) is 61.5 Å². The van der Waals surface area contributed by atoms with Crippen LogP contribution < -0.4 is 11.0 Å². The van der Waals surface area contributed by atoms with Gasteiger partial charge in [-0.2, -0.15) is 9.61 Å². The summed E-state index contributed by atoms with van der Waals surface area (Å²) in [4.78, 5) is 36.9. The Morgan fingerprint density at radius 2 is 1.84 bits per heavy atom. The highest BCUT2D eigenvalue weighted by Gasteiger charge is 2.13. The van der Waals surface area contributed by atoms with Gasteiger partial charge in [0.1, 0.15) is 17.4 Å². The average Bonchev–Trinajstić information content (AvgIpc) is 3.03. The summed E-state index contributed by atoms with van der Waals surface area (Å²) < 4.78 is 15.5. The van der Waals surface area contributed by atoms with E-state index in [2.05, 4.69) is 15.5 Å². The predicted octanol–water partition coefficient (Wildman–Crippen LogP) is 3.02. The first-order chi connectivity index (χ1) is 14.9. The Hall–Kier alpha value is -3.79. The van der Waals surface area contributed by atoms with Gasteiger partial charge < -0.3 is 5.32 Å². The van der Waals surface area contributed by atoms with Gasteiger partial charge in [-0.15, -0.1) is 5.10 Å². The molecule has 0 radical (unpaired) electrons. The summed E-state index contributed by atoms with van der Waals surface area (Å²) >= 11 is 1.20. The highest BCUT2D eigenvalue weighted by Crippen LogP contribution is 2.26. The number of amides is 1. The zero-order chi connectivity index (χ0) is 22.0. The van der Waals surface area contributed by atoms with Crippen LogP contribution in [0.15, 0.2) is 75.4 Å². The van der Waals surface area contributed by atoms with Gasteiger partial charge in [-0.1, -0.05) is 17.8 Å². The normalized spacial score (nSPS) is 10.9. The second-order valence-corrected chi connectivity index (χ2v) is 7.72. The molecule has 0 fully saturated rings. The van der Waals surface area contributed by atoms with E-state index in [1.165, 1.54) is 30.8 Å². The molecule has 4 aromatic rings. The van der Waals surface area contributed by atoms with Crippen LogP contribution in [0.5, 0.6) is 0 Å². The van der Waals surface area contributed by atoms with Crippen LogP contribution in [0.1, 0.15) is 17.3 Å². The highest BCUT2D eigenvalue weighted by atomic mass is 32.2. The SMILES string of the molecule is CC(=O)c1ccc(NC(=O)Cn2nc3ccc(Sc4cccc(F)c4)nn3c2=O)cc1. The van der Waals surface area contributed by atoms with E-state index in [1.54, 1.807) is 48.5 Å². The van der Waals surface area contributed by atoms with Crippen LogP contribution in [-0.2, 0) is 11.3 Å². The van der Waals surface area contributed by atoms with Crippen LogP contribution in [0.4, 0.5) is 10.1 Å². The van der Waals surface area contributed by atoms with E-state index in [4.69, 9.17) is 0 Å². The number of ketones is 1. The van der Waals surface area contributed by atoms with Crippen molar-refractivity contribution in [3.8, 4) is 0 Å². The lowest BCUT2D eigenvalue weighted by Crippen LogP contribution is -2.28. The van der Waals surface area contributed by atoms with E-state index >= 15 is 0 Å². The summed E-state index contributed by atoms with van der Waals surface area (Å²) in [6, 6.07) is 15.7. The molecule has 10 heteroatoms. The molecule has 31 heavy (non-hydrogen) atoms. The van der Waals surface area contributed by atoms with Gasteiger partial charge in [0.15, 0.2) is 11.4 Å². The van der Waals surface area contributed by atoms with Gasteiger partial charge >= 0.3 is 5.69 Å². The van der Waals surface area contributed by atoms with Crippen molar-refractivity contribution in [1.29, 1.82) is 0 Å². The van der Waals surface area contributed by atoms with Crippen molar-refractivity contribution in [3.05, 3.63) is 82.5 Å². The number of hydrogen-bond acceptors (Lipinski definition) is 6. The van der Waals surface area contributed by atoms with E-state index in [0.29, 0.717) is 21.2 Å². The van der Waals surface area contributed by atoms with Crippen LogP contribution in [0.3, 0.4) is 0 Å². The topological polar surface area (TPSA) is 98.4 Å². The molecule has 156 valence electrons. The van der Waals surface area contributed by atoms with Crippen molar-refractivity contribution in [1.82, 2.24) is 19.4 Å². The van der Waals surface area contributed by atoms with Crippen molar-refractivity contribution in [3.63, 3.8) is 0 Å². The molecule has 2 heterocycles. The first-order valence-electron chi connectivity index (χ1n) is 9.20. The van der Waals surface area contributed by atoms with Gasteiger partial charge in [-0.25, -0.2) is 13.9 Å². The van der Waals surface area contributed by atoms with Gasteiger partial charge in [0, 0.05) is 16.1 Å². The molecule has 4 rings (SSSR count). The number of nitrogens with zero attached hydrogens (tertiary/aromatic N) is 4. The molecule has 0 bridgehead atoms. The molecule has 0 saturated heterocycles. The fourth-order valence-electron chi connectivity index (χ4n) is 2.83. The standard InChI is InChI=1S/C21H16FN5O3S/c1-13(28)14-5-7-16(8-6-14)23-19(29)12-26-21(30)27-18(24-26)9-10-20(25-27)31-17-4-2-3-15(22)11-17/h2-11H,12H2,1H3,(H,23,29). The zero-order valence-corrected chi connectivity index (χ0v) is 17.1. The summed E-state index contributed by atoms with van der Waals surface area (Å²) in [5, 5.41) is 11.5. The highest BCUT2D eigenvalue weighted by molar-refractivity contribution is 7.99. The van der Waals surface area contributed by atoms with Crippen LogP contribution in [0, 0.1) is 5.82 Å². The van der Waals surface area contributed by atoms with Gasteiger partial charge in [-0.3, -0.25) is 9.59 Å². The zero-order valence-electron chi connectivity index (χ0n) is 16.3. The van der Waals surface area contributed by atoms with Crippen LogP contribution in [0.25, 0.3) is 5.65 Å². The second-order valence-electron chi connectivity index (χ2n) is 6.62. The lowest BCUT2D eigenvalue weighted by Gasteiger charge is -2.05. The Morgan fingerprint density at radius 3 is 2.55 bits per heavy atom. The Balaban J connectivity index is 1.50. The summed E-state index contributed by atoms with van der Waals surface area (Å²) in [7, 11) is 0. The maximum absolute atomic E-state index is 13.4. The van der Waals surface area contributed by atoms with Crippen molar-refractivity contribution in [2.75, 3.05) is 5.32 Å². The average molecular weight is 437 g/mol. The maximum Gasteiger partial charge on any atom is 0.367 e. The third-order valence-electron chi connectivity index (χ3n) is 4.30. The minimum absolute atomic E-state index is 0.0726. The second kappa shape index (κ2) is 8.52. The molecule has 0 aliphatic heterocycles. The number of nitrogens with one attached hydrogen (secondary N) is 1. The third kappa shape index (κ3) is 4.69. The van der Waals surface area contributed by atoms with Crippen molar-refractivity contribution >= 4 is 34.8 Å². The molecule has 0 aliphatic rings. The third-order valence-corrected chi connectivity index (χ3v) is 5.22. The molecule has 0 saturated carbocycles. The molecular weight excluding hydrogens is 421 g/mol. The Labute approximate surface area is 179 Å². The molecule has 2 aromatic heterocycles. The summed E-state index contributed by atoms with van der Waals surface area (Å²) in [5.41, 5.74) is 0.747. The van der Waals surface area contributed by atoms with E-state index < -0.39 is 11.6 Å². The molecule has 0 spiro atoms. The van der Waals surface area contributed by atoms with Crippen molar-refractivity contribution in [2.24, 2.45) is 0 Å². The van der Waals surface area contributed by atoms with Crippen LogP contribution in [-0.4, -0.2) is 31.1 Å². The lowest BCUT2D eigenvalue weighted by atomic mass is 10.1. The summed E-state index contributed by atoms with van der Waals surface area (Å²) in [5.74, 6) is -0.884. The van der Waals surface area contributed by atoms with E-state index in [0.717, 1.165) is 9.20 Å². The summed E-state index contributed by atoms with van der Waals surface area (Å²) in [6.07, 6.45) is 0. The van der Waals surface area contributed by atoms with Gasteiger partial charge in [0.2, 0.25) is 5.91 Å². The number of carbonyl (C=O) groups is 2. The Bertz CT molecular complexity index is 1350. The van der Waals surface area contributed by atoms with E-state index in [9.17, 15) is 18.8 Å². The van der Waals surface area contributed by atoms with Crippen molar-refractivity contribution < 1.29 is 14.0 Å². The van der Waals surface area contributed by atoms with Gasteiger partial charge in [0.05, 0.1) is 0 Å². The largest absolute Gasteiger partial charge is 0.367 e. The molecular formula is C21H16FN5O3S. The first-order valence-corrected chi connectivity index (χ1v) is 10.0. The monoisotopic (exact) mass is 437 g/mol. The molecule has 0 aliphatic carbocycles. The maximum atomic E-state index is 13.4. The van der Waals surface area contributed by atoms with E-state index in [-0.39, 0.29) is 23.8 Å². The first kappa shape index (κ1) is 20.5. The summed E-state index contributed by atoms with van der Waals surface area (Å²) in [6.45, 7) is 1.16. The molecule has 1 N–H and O–H groups in total. The molecule has 0 unspecified atom stereocenters. The number of anilines is 1. The number of aromatic nitrogens is 4. The molecule has 2 aromatic carbocycles. The number of fused-ring (bicyclic) bond motifs is 1. The number of carbonyl (C=O) groups excluding carboxylic acids is 2. The Morgan fingerprint density at radius 1 is 1.06 bits per heavy atom. The number of rotatable bonds is 6. The minimum atomic E-state index is -0.571. The Kier molecular flexibility index (Phi) is 5.63. The lowest BCUT2D eigenvalue weighted by molar-refractivity contribution is -0.117. The quantitative estimate of drug-likeness (QED) is 0.466. The van der Waals surface area contributed by atoms with E-state index in [1.807, 2.05) is 0 Å². The van der Waals surface area contributed by atoms with Crippen LogP contribution >= 0.6 is 11.8 Å². The smallest absolute Gasteiger partial charge is 0.324 e. The minimum Gasteiger partial charge on any atom is -0.324 e. The number of benzene rings is 2. The van der Waals surface area contributed by atoms with Gasteiger partial charge in [0.25, 0.3) is 0 Å². The number of Topliss-reactive ketones (excluding diaryl/α,β-unsaturated/α-hetero) is 1. The number of hydrogen-bond donors (Lipinski definition) is 1. The molecule has 8 nitrogen and oxygen atoms in total. The van der Waals surface area contributed by atoms with Crippen molar-refractivity contribution in [2.45, 2.75) is 23.4 Å². The molecule has 0 atom stereocenters.